The molecule has 2 rings (SSSR count). The van der Waals surface area contributed by atoms with Crippen molar-refractivity contribution in [1.29, 1.82) is 0 Å². The molecule has 0 nitrogen and oxygen atoms in total. The number of allylic oxidation sites excluding steroid dienone is 4. The van der Waals surface area contributed by atoms with Crippen LogP contribution < -0.4 is 0 Å². The quantitative estimate of drug-likeness (QED) is 0.626. The zero-order valence-electron chi connectivity index (χ0n) is 9.43. The van der Waals surface area contributed by atoms with Gasteiger partial charge in [-0.1, -0.05) is 68.5 Å². The van der Waals surface area contributed by atoms with Crippen molar-refractivity contribution < 1.29 is 0 Å². The fraction of sp³-hybridized carbons (Fsp3) is 0.333. The molecule has 78 valence electrons. The van der Waals surface area contributed by atoms with Crippen molar-refractivity contribution in [2.45, 2.75) is 19.8 Å². The van der Waals surface area contributed by atoms with Crippen molar-refractivity contribution in [2.24, 2.45) is 11.8 Å². The van der Waals surface area contributed by atoms with Crippen LogP contribution in [0.2, 0.25) is 0 Å². The molecular weight excluding hydrogens is 180 g/mol. The standard InChI is InChI=1S/C15H18/c1-12(2)13-8-10-15(11-9-13)14-6-4-3-5-7-14/h3-13,15H,1-2H3. The molecule has 1 aromatic rings. The molecule has 0 heteroatoms. The zero-order valence-corrected chi connectivity index (χ0v) is 9.43. The van der Waals surface area contributed by atoms with E-state index in [0.29, 0.717) is 17.8 Å². The first-order valence-electron chi connectivity index (χ1n) is 5.69. The lowest BCUT2D eigenvalue weighted by molar-refractivity contribution is 0.542. The summed E-state index contributed by atoms with van der Waals surface area (Å²) in [7, 11) is 0. The Morgan fingerprint density at radius 2 is 1.47 bits per heavy atom. The molecule has 0 fully saturated rings. The fourth-order valence-corrected chi connectivity index (χ4v) is 1.97. The average Bonchev–Trinajstić information content (AvgIpc) is 2.30. The Labute approximate surface area is 92.3 Å². The molecule has 0 atom stereocenters. The SMILES string of the molecule is CC(C)C1C=CC(c2ccccc2)C=C1. The molecule has 0 unspecified atom stereocenters. The highest BCUT2D eigenvalue weighted by molar-refractivity contribution is 5.31. The van der Waals surface area contributed by atoms with Crippen LogP contribution in [0.3, 0.4) is 0 Å². The first-order valence-corrected chi connectivity index (χ1v) is 5.69. The van der Waals surface area contributed by atoms with E-state index in [-0.39, 0.29) is 0 Å². The van der Waals surface area contributed by atoms with Crippen molar-refractivity contribution >= 4 is 0 Å². The lowest BCUT2D eigenvalue weighted by Crippen LogP contribution is -2.06. The Hall–Kier alpha value is -1.30. The van der Waals surface area contributed by atoms with Crippen LogP contribution in [-0.4, -0.2) is 0 Å². The highest BCUT2D eigenvalue weighted by atomic mass is 14.2. The van der Waals surface area contributed by atoms with Crippen LogP contribution in [0.4, 0.5) is 0 Å². The summed E-state index contributed by atoms with van der Waals surface area (Å²) >= 11 is 0. The molecule has 0 spiro atoms. The van der Waals surface area contributed by atoms with Crippen LogP contribution in [0.25, 0.3) is 0 Å². The van der Waals surface area contributed by atoms with Crippen LogP contribution in [0, 0.1) is 11.8 Å². The Balaban J connectivity index is 2.11. The first kappa shape index (κ1) is 10.2. The van der Waals surface area contributed by atoms with E-state index in [1.807, 2.05) is 0 Å². The normalized spacial score (nSPS) is 24.7. The highest BCUT2D eigenvalue weighted by Gasteiger charge is 2.13. The van der Waals surface area contributed by atoms with Gasteiger partial charge in [0.2, 0.25) is 0 Å². The fourth-order valence-electron chi connectivity index (χ4n) is 1.97. The summed E-state index contributed by atoms with van der Waals surface area (Å²) < 4.78 is 0. The van der Waals surface area contributed by atoms with Crippen LogP contribution in [0.15, 0.2) is 54.6 Å². The third-order valence-corrected chi connectivity index (χ3v) is 3.04. The molecule has 0 aromatic heterocycles. The van der Waals surface area contributed by atoms with Gasteiger partial charge < -0.3 is 0 Å². The van der Waals surface area contributed by atoms with E-state index >= 15 is 0 Å². The van der Waals surface area contributed by atoms with Crippen LogP contribution in [0.1, 0.15) is 25.3 Å². The van der Waals surface area contributed by atoms with E-state index in [1.54, 1.807) is 0 Å². The van der Waals surface area contributed by atoms with E-state index in [1.165, 1.54) is 5.56 Å². The van der Waals surface area contributed by atoms with Crippen molar-refractivity contribution in [2.75, 3.05) is 0 Å². The van der Waals surface area contributed by atoms with Crippen molar-refractivity contribution in [1.82, 2.24) is 0 Å². The molecule has 0 heterocycles. The molecule has 1 aromatic carbocycles. The van der Waals surface area contributed by atoms with Gasteiger partial charge in [0, 0.05) is 5.92 Å². The van der Waals surface area contributed by atoms with Gasteiger partial charge in [-0.3, -0.25) is 0 Å². The minimum atomic E-state index is 0.473. The van der Waals surface area contributed by atoms with Crippen LogP contribution >= 0.6 is 0 Å². The van der Waals surface area contributed by atoms with E-state index < -0.39 is 0 Å². The summed E-state index contributed by atoms with van der Waals surface area (Å²) in [5.74, 6) is 1.79. The summed E-state index contributed by atoms with van der Waals surface area (Å²) in [5, 5.41) is 0. The monoisotopic (exact) mass is 198 g/mol. The second kappa shape index (κ2) is 4.48. The summed E-state index contributed by atoms with van der Waals surface area (Å²) in [4.78, 5) is 0. The summed E-state index contributed by atoms with van der Waals surface area (Å²) in [6.45, 7) is 4.53. The third kappa shape index (κ3) is 2.38. The Bertz CT molecular complexity index is 343. The van der Waals surface area contributed by atoms with Crippen molar-refractivity contribution in [3.05, 3.63) is 60.2 Å². The zero-order chi connectivity index (χ0) is 10.7. The van der Waals surface area contributed by atoms with Gasteiger partial charge in [0.1, 0.15) is 0 Å². The van der Waals surface area contributed by atoms with Gasteiger partial charge in [0.05, 0.1) is 0 Å². The highest BCUT2D eigenvalue weighted by Crippen LogP contribution is 2.27. The van der Waals surface area contributed by atoms with E-state index in [4.69, 9.17) is 0 Å². The number of rotatable bonds is 2. The molecule has 1 aliphatic carbocycles. The van der Waals surface area contributed by atoms with Crippen molar-refractivity contribution in [3.8, 4) is 0 Å². The average molecular weight is 198 g/mol. The Morgan fingerprint density at radius 1 is 0.867 bits per heavy atom. The van der Waals surface area contributed by atoms with Crippen LogP contribution in [-0.2, 0) is 0 Å². The smallest absolute Gasteiger partial charge is 0.0199 e. The molecule has 1 aliphatic rings. The molecule has 0 N–H and O–H groups in total. The van der Waals surface area contributed by atoms with E-state index in [9.17, 15) is 0 Å². The summed E-state index contributed by atoms with van der Waals surface area (Å²) in [6, 6.07) is 10.7. The molecule has 15 heavy (non-hydrogen) atoms. The summed E-state index contributed by atoms with van der Waals surface area (Å²) in [5.41, 5.74) is 1.38. The molecule has 0 amide bonds. The van der Waals surface area contributed by atoms with Gasteiger partial charge in [-0.25, -0.2) is 0 Å². The van der Waals surface area contributed by atoms with Crippen LogP contribution in [0.5, 0.6) is 0 Å². The van der Waals surface area contributed by atoms with Gasteiger partial charge in [0.15, 0.2) is 0 Å². The maximum Gasteiger partial charge on any atom is 0.0199 e. The predicted molar refractivity (Wildman–Crippen MR) is 65.8 cm³/mol. The number of benzene rings is 1. The number of hydrogen-bond donors (Lipinski definition) is 0. The Kier molecular flexibility index (Phi) is 3.05. The lowest BCUT2D eigenvalue weighted by atomic mass is 9.86. The van der Waals surface area contributed by atoms with Gasteiger partial charge >= 0.3 is 0 Å². The molecule has 0 radical (unpaired) electrons. The van der Waals surface area contributed by atoms with Gasteiger partial charge in [-0.2, -0.15) is 0 Å². The maximum atomic E-state index is 2.34. The third-order valence-electron chi connectivity index (χ3n) is 3.04. The first-order chi connectivity index (χ1) is 7.27. The Morgan fingerprint density at radius 3 is 2.00 bits per heavy atom. The second-order valence-corrected chi connectivity index (χ2v) is 4.53. The molecular formula is C15H18. The lowest BCUT2D eigenvalue weighted by Gasteiger charge is -2.19. The van der Waals surface area contributed by atoms with Gasteiger partial charge in [-0.05, 0) is 17.4 Å². The second-order valence-electron chi connectivity index (χ2n) is 4.53. The molecule has 0 saturated heterocycles. The van der Waals surface area contributed by atoms with Crippen molar-refractivity contribution in [3.63, 3.8) is 0 Å². The van der Waals surface area contributed by atoms with Gasteiger partial charge in [-0.15, -0.1) is 0 Å². The minimum Gasteiger partial charge on any atom is -0.0804 e. The van der Waals surface area contributed by atoms with E-state index in [2.05, 4.69) is 68.5 Å². The summed E-state index contributed by atoms with van der Waals surface area (Å²) in [6.07, 6.45) is 9.31. The predicted octanol–water partition coefficient (Wildman–Crippen LogP) is 4.17. The van der Waals surface area contributed by atoms with E-state index in [0.717, 1.165) is 0 Å². The van der Waals surface area contributed by atoms with Gasteiger partial charge in [0.25, 0.3) is 0 Å². The topological polar surface area (TPSA) is 0 Å². The molecule has 0 aliphatic heterocycles. The number of hydrogen-bond acceptors (Lipinski definition) is 0. The largest absolute Gasteiger partial charge is 0.0804 e. The maximum absolute atomic E-state index is 2.34. The molecule has 0 bridgehead atoms. The minimum absolute atomic E-state index is 0.473. The molecule has 0 saturated carbocycles.